The topological polar surface area (TPSA) is 86.9 Å². The quantitative estimate of drug-likeness (QED) is 0.745. The van der Waals surface area contributed by atoms with E-state index >= 15 is 0 Å². The molecule has 2 rings (SSSR count). The van der Waals surface area contributed by atoms with E-state index in [1.54, 1.807) is 5.32 Å². The van der Waals surface area contributed by atoms with Crippen LogP contribution in [0.4, 0.5) is 23.2 Å². The van der Waals surface area contributed by atoms with Crippen LogP contribution in [0.5, 0.6) is 0 Å². The lowest BCUT2D eigenvalue weighted by atomic mass is 10.1. The number of hydrogen-bond acceptors (Lipinski definition) is 3. The van der Waals surface area contributed by atoms with Gasteiger partial charge in [0.15, 0.2) is 0 Å². The average molecular weight is 344 g/mol. The molecule has 0 aliphatic rings. The normalized spacial score (nSPS) is 11.2. The lowest BCUT2D eigenvalue weighted by molar-refractivity contribution is -0.123. The van der Waals surface area contributed by atoms with E-state index < -0.39 is 30.4 Å². The summed E-state index contributed by atoms with van der Waals surface area (Å²) in [6, 6.07) is 3.27. The number of rotatable bonds is 4. The van der Waals surface area contributed by atoms with Crippen LogP contribution in [0.15, 0.2) is 24.4 Å². The van der Waals surface area contributed by atoms with Gasteiger partial charge < -0.3 is 10.6 Å². The van der Waals surface area contributed by atoms with Gasteiger partial charge >= 0.3 is 6.18 Å². The molecule has 0 bridgehead atoms. The number of nitrogens with one attached hydrogen (secondary N) is 3. The molecule has 0 aliphatic carbocycles. The van der Waals surface area contributed by atoms with Gasteiger partial charge in [0.2, 0.25) is 0 Å². The molecule has 0 saturated carbocycles. The second-order valence-electron chi connectivity index (χ2n) is 4.85. The molecule has 0 saturated heterocycles. The van der Waals surface area contributed by atoms with Crippen LogP contribution >= 0.6 is 0 Å². The zero-order valence-corrected chi connectivity index (χ0v) is 12.3. The molecule has 128 valence electrons. The highest BCUT2D eigenvalue weighted by atomic mass is 19.4. The van der Waals surface area contributed by atoms with Crippen LogP contribution in [0.25, 0.3) is 0 Å². The molecule has 0 unspecified atom stereocenters. The Hall–Kier alpha value is -2.91. The van der Waals surface area contributed by atoms with Crippen molar-refractivity contribution >= 4 is 17.5 Å². The van der Waals surface area contributed by atoms with Gasteiger partial charge in [0.05, 0.1) is 0 Å². The number of anilines is 1. The van der Waals surface area contributed by atoms with Gasteiger partial charge in [0.25, 0.3) is 11.8 Å². The molecule has 24 heavy (non-hydrogen) atoms. The molecule has 0 radical (unpaired) electrons. The summed E-state index contributed by atoms with van der Waals surface area (Å²) >= 11 is 0. The number of halogens is 4. The summed E-state index contributed by atoms with van der Waals surface area (Å²) < 4.78 is 50.3. The summed E-state index contributed by atoms with van der Waals surface area (Å²) in [6.07, 6.45) is -3.25. The summed E-state index contributed by atoms with van der Waals surface area (Å²) in [7, 11) is 0. The van der Waals surface area contributed by atoms with Gasteiger partial charge in [-0.2, -0.15) is 18.3 Å². The Kier molecular flexibility index (Phi) is 4.86. The fourth-order valence-corrected chi connectivity index (χ4v) is 1.79. The molecule has 10 heteroatoms. The first-order valence-electron chi connectivity index (χ1n) is 6.63. The molecule has 1 aromatic heterocycles. The summed E-state index contributed by atoms with van der Waals surface area (Å²) in [5.74, 6) is -2.58. The predicted molar refractivity (Wildman–Crippen MR) is 76.1 cm³/mol. The number of carbonyl (C=O) groups is 2. The molecule has 6 nitrogen and oxygen atoms in total. The smallest absolute Gasteiger partial charge is 0.343 e. The maximum atomic E-state index is 13.9. The predicted octanol–water partition coefficient (Wildman–Crippen LogP) is 2.40. The number of nitrogens with zero attached hydrogens (tertiary/aromatic N) is 1. The number of aromatic amines is 1. The van der Waals surface area contributed by atoms with Gasteiger partial charge in [0.1, 0.15) is 18.1 Å². The second-order valence-corrected chi connectivity index (χ2v) is 4.85. The molecule has 0 atom stereocenters. The highest BCUT2D eigenvalue weighted by Crippen LogP contribution is 2.22. The lowest BCUT2D eigenvalue weighted by Crippen LogP contribution is -2.33. The molecule has 0 fully saturated rings. The van der Waals surface area contributed by atoms with Crippen LogP contribution in [0.1, 0.15) is 26.4 Å². The van der Waals surface area contributed by atoms with Gasteiger partial charge in [0, 0.05) is 23.0 Å². The Balaban J connectivity index is 2.21. The first-order chi connectivity index (χ1) is 11.2. The SMILES string of the molecule is Cc1c(F)cc(C(=O)NCC(F)(F)F)cc1NC(=O)c1ccn[nH]1. The minimum Gasteiger partial charge on any atom is -0.343 e. The van der Waals surface area contributed by atoms with E-state index in [-0.39, 0.29) is 22.5 Å². The Morgan fingerprint density at radius 3 is 2.54 bits per heavy atom. The highest BCUT2D eigenvalue weighted by molar-refractivity contribution is 6.04. The fraction of sp³-hybridized carbons (Fsp3) is 0.214. The zero-order valence-electron chi connectivity index (χ0n) is 12.3. The van der Waals surface area contributed by atoms with Crippen molar-refractivity contribution in [2.24, 2.45) is 0 Å². The van der Waals surface area contributed by atoms with Crippen LogP contribution in [0.2, 0.25) is 0 Å². The third-order valence-corrected chi connectivity index (χ3v) is 3.05. The molecule has 2 amide bonds. The summed E-state index contributed by atoms with van der Waals surface area (Å²) in [5.41, 5.74) is -0.244. The van der Waals surface area contributed by atoms with E-state index in [0.717, 1.165) is 12.1 Å². The summed E-state index contributed by atoms with van der Waals surface area (Å²) in [6.45, 7) is -0.188. The monoisotopic (exact) mass is 344 g/mol. The average Bonchev–Trinajstić information content (AvgIpc) is 3.02. The van der Waals surface area contributed by atoms with Gasteiger partial charge in [-0.3, -0.25) is 14.7 Å². The third-order valence-electron chi connectivity index (χ3n) is 3.05. The first-order valence-corrected chi connectivity index (χ1v) is 6.63. The number of amides is 2. The first kappa shape index (κ1) is 17.4. The van der Waals surface area contributed by atoms with Crippen molar-refractivity contribution in [3.05, 3.63) is 47.0 Å². The minimum atomic E-state index is -4.59. The number of hydrogen-bond donors (Lipinski definition) is 3. The fourth-order valence-electron chi connectivity index (χ4n) is 1.79. The van der Waals surface area contributed by atoms with Crippen molar-refractivity contribution in [3.63, 3.8) is 0 Å². The Morgan fingerprint density at radius 2 is 1.96 bits per heavy atom. The van der Waals surface area contributed by atoms with Gasteiger partial charge in [-0.15, -0.1) is 0 Å². The third kappa shape index (κ3) is 4.31. The van der Waals surface area contributed by atoms with Gasteiger partial charge in [-0.1, -0.05) is 0 Å². The minimum absolute atomic E-state index is 0.0354. The van der Waals surface area contributed by atoms with Crippen molar-refractivity contribution in [1.82, 2.24) is 15.5 Å². The molecule has 2 aromatic rings. The van der Waals surface area contributed by atoms with Crippen LogP contribution in [-0.4, -0.2) is 34.7 Å². The number of H-pyrrole nitrogens is 1. The molecule has 1 heterocycles. The van der Waals surface area contributed by atoms with Crippen LogP contribution in [0, 0.1) is 12.7 Å². The molecular weight excluding hydrogens is 332 g/mol. The summed E-state index contributed by atoms with van der Waals surface area (Å²) in [5, 5.41) is 10.00. The zero-order chi connectivity index (χ0) is 17.9. The summed E-state index contributed by atoms with van der Waals surface area (Å²) in [4.78, 5) is 23.6. The van der Waals surface area contributed by atoms with Crippen LogP contribution in [0.3, 0.4) is 0 Å². The van der Waals surface area contributed by atoms with Crippen molar-refractivity contribution in [3.8, 4) is 0 Å². The number of carbonyl (C=O) groups excluding carboxylic acids is 2. The van der Waals surface area contributed by atoms with E-state index in [9.17, 15) is 27.2 Å². The Morgan fingerprint density at radius 1 is 1.25 bits per heavy atom. The van der Waals surface area contributed by atoms with Gasteiger partial charge in [-0.05, 0) is 25.1 Å². The maximum Gasteiger partial charge on any atom is 0.405 e. The Bertz CT molecular complexity index is 757. The number of aromatic nitrogens is 2. The van der Waals surface area contributed by atoms with Crippen molar-refractivity contribution in [2.75, 3.05) is 11.9 Å². The maximum absolute atomic E-state index is 13.9. The highest BCUT2D eigenvalue weighted by Gasteiger charge is 2.28. The molecule has 3 N–H and O–H groups in total. The van der Waals surface area contributed by atoms with Crippen molar-refractivity contribution < 1.29 is 27.2 Å². The van der Waals surface area contributed by atoms with Crippen molar-refractivity contribution in [2.45, 2.75) is 13.1 Å². The van der Waals surface area contributed by atoms with E-state index in [2.05, 4.69) is 15.5 Å². The van der Waals surface area contributed by atoms with Crippen molar-refractivity contribution in [1.29, 1.82) is 0 Å². The van der Waals surface area contributed by atoms with Crippen LogP contribution < -0.4 is 10.6 Å². The lowest BCUT2D eigenvalue weighted by Gasteiger charge is -2.12. The van der Waals surface area contributed by atoms with Crippen LogP contribution in [-0.2, 0) is 0 Å². The van der Waals surface area contributed by atoms with E-state index in [1.807, 2.05) is 0 Å². The molecule has 0 aliphatic heterocycles. The molecular formula is C14H12F4N4O2. The standard InChI is InChI=1S/C14H12F4N4O2/c1-7-9(15)4-8(12(23)19-6-14(16,17)18)5-11(7)21-13(24)10-2-3-20-22-10/h2-5H,6H2,1H3,(H,19,23)(H,20,22)(H,21,24). The molecule has 0 spiro atoms. The number of benzene rings is 1. The Labute approximate surface area is 133 Å². The molecule has 1 aromatic carbocycles. The van der Waals surface area contributed by atoms with E-state index in [1.165, 1.54) is 19.2 Å². The van der Waals surface area contributed by atoms with Gasteiger partial charge in [-0.25, -0.2) is 4.39 Å². The second kappa shape index (κ2) is 6.69. The largest absolute Gasteiger partial charge is 0.405 e. The van der Waals surface area contributed by atoms with E-state index in [4.69, 9.17) is 0 Å². The number of alkyl halides is 3. The van der Waals surface area contributed by atoms with E-state index in [0.29, 0.717) is 0 Å².